The largest absolute Gasteiger partial charge is 0.489 e. The van der Waals surface area contributed by atoms with Gasteiger partial charge in [0.05, 0.1) is 19.6 Å². The fraction of sp³-hybridized carbons (Fsp3) is 0.400. The lowest BCUT2D eigenvalue weighted by Crippen LogP contribution is -2.45. The first kappa shape index (κ1) is 20.4. The highest BCUT2D eigenvalue weighted by Crippen LogP contribution is 2.16. The third-order valence-electron chi connectivity index (χ3n) is 3.53. The maximum absolute atomic E-state index is 12.0. The molecule has 0 saturated carbocycles. The molecular weight excluding hydrogens is 350 g/mol. The van der Waals surface area contributed by atoms with Gasteiger partial charge in [0.2, 0.25) is 0 Å². The van der Waals surface area contributed by atoms with Crippen LogP contribution >= 0.6 is 0 Å². The molecule has 1 aromatic heterocycles. The molecule has 1 N–H and O–H groups in total. The van der Waals surface area contributed by atoms with Crippen molar-refractivity contribution in [1.29, 1.82) is 0 Å². The van der Waals surface area contributed by atoms with Crippen LogP contribution < -0.4 is 10.1 Å². The Hall–Kier alpha value is -2.96. The number of rotatable bonds is 7. The van der Waals surface area contributed by atoms with E-state index in [0.29, 0.717) is 12.4 Å². The van der Waals surface area contributed by atoms with Gasteiger partial charge < -0.3 is 23.9 Å². The van der Waals surface area contributed by atoms with Crippen LogP contribution in [0.2, 0.25) is 0 Å². The molecule has 1 heterocycles. The van der Waals surface area contributed by atoms with Crippen molar-refractivity contribution in [2.45, 2.75) is 45.4 Å². The molecule has 1 atom stereocenters. The third-order valence-corrected chi connectivity index (χ3v) is 3.53. The number of furan rings is 1. The molecule has 7 heteroatoms. The maximum atomic E-state index is 12.0. The summed E-state index contributed by atoms with van der Waals surface area (Å²) in [6.07, 6.45) is 2.82. The lowest BCUT2D eigenvalue weighted by molar-refractivity contribution is -0.143. The van der Waals surface area contributed by atoms with E-state index in [1.807, 2.05) is 18.2 Å². The highest BCUT2D eigenvalue weighted by Gasteiger charge is 2.25. The first-order chi connectivity index (χ1) is 12.8. The van der Waals surface area contributed by atoms with E-state index in [4.69, 9.17) is 18.6 Å². The number of ether oxygens (including phenoxy) is 3. The predicted octanol–water partition coefficient (Wildman–Crippen LogP) is 3.47. The van der Waals surface area contributed by atoms with Crippen LogP contribution in [0.4, 0.5) is 4.79 Å². The van der Waals surface area contributed by atoms with Crippen LogP contribution in [0.1, 0.15) is 31.9 Å². The lowest BCUT2D eigenvalue weighted by Gasteiger charge is -2.22. The Bertz CT molecular complexity index is 731. The molecular formula is C20H25NO6. The summed E-state index contributed by atoms with van der Waals surface area (Å²) in [4.78, 5) is 24.0. The van der Waals surface area contributed by atoms with E-state index in [1.54, 1.807) is 45.4 Å². The maximum Gasteiger partial charge on any atom is 0.408 e. The summed E-state index contributed by atoms with van der Waals surface area (Å²) >= 11 is 0. The van der Waals surface area contributed by atoms with Crippen molar-refractivity contribution in [2.75, 3.05) is 7.11 Å². The van der Waals surface area contributed by atoms with E-state index in [2.05, 4.69) is 5.32 Å². The number of carbonyl (C=O) groups excluding carboxylic acids is 2. The smallest absolute Gasteiger partial charge is 0.408 e. The van der Waals surface area contributed by atoms with Crippen LogP contribution in [0.15, 0.2) is 47.3 Å². The van der Waals surface area contributed by atoms with Gasteiger partial charge in [0.15, 0.2) is 0 Å². The first-order valence-corrected chi connectivity index (χ1v) is 8.57. The summed E-state index contributed by atoms with van der Waals surface area (Å²) in [7, 11) is 1.28. The Morgan fingerprint density at radius 2 is 1.81 bits per heavy atom. The quantitative estimate of drug-likeness (QED) is 0.746. The van der Waals surface area contributed by atoms with Crippen LogP contribution in [-0.2, 0) is 27.3 Å². The molecule has 0 radical (unpaired) electrons. The zero-order valence-corrected chi connectivity index (χ0v) is 16.0. The Balaban J connectivity index is 1.95. The summed E-state index contributed by atoms with van der Waals surface area (Å²) < 4.78 is 20.6. The molecule has 0 bridgehead atoms. The number of hydrogen-bond acceptors (Lipinski definition) is 6. The second-order valence-electron chi connectivity index (χ2n) is 6.99. The number of nitrogens with one attached hydrogen (secondary N) is 1. The normalized spacial score (nSPS) is 12.1. The highest BCUT2D eigenvalue weighted by molar-refractivity contribution is 5.81. The standard InChI is InChI=1S/C20H25NO6/c1-20(2,3)27-19(23)21-17(18(22)24-4)11-14-5-7-16(8-6-14)26-13-15-9-10-25-12-15/h5-10,12,17H,11,13H2,1-4H3,(H,21,23)/t17-/m0/s1. The van der Waals surface area contributed by atoms with Crippen molar-refractivity contribution in [2.24, 2.45) is 0 Å². The molecule has 0 aliphatic rings. The molecule has 1 aromatic carbocycles. The number of benzene rings is 1. The van der Waals surface area contributed by atoms with Gasteiger partial charge >= 0.3 is 12.1 Å². The van der Waals surface area contributed by atoms with Crippen molar-refractivity contribution in [3.05, 3.63) is 54.0 Å². The molecule has 0 spiro atoms. The molecule has 0 saturated heterocycles. The predicted molar refractivity (Wildman–Crippen MR) is 98.4 cm³/mol. The number of esters is 1. The molecule has 1 amide bonds. The number of alkyl carbamates (subject to hydrolysis) is 1. The van der Waals surface area contributed by atoms with Gasteiger partial charge in [0.1, 0.15) is 24.0 Å². The average Bonchev–Trinajstić information content (AvgIpc) is 3.11. The third kappa shape index (κ3) is 7.05. The minimum absolute atomic E-state index is 0.272. The van der Waals surface area contributed by atoms with Gasteiger partial charge in [-0.25, -0.2) is 9.59 Å². The van der Waals surface area contributed by atoms with Gasteiger partial charge in [-0.3, -0.25) is 0 Å². The summed E-state index contributed by atoms with van der Waals surface area (Å²) in [5, 5.41) is 2.55. The van der Waals surface area contributed by atoms with Crippen LogP contribution in [0.25, 0.3) is 0 Å². The Labute approximate surface area is 158 Å². The Morgan fingerprint density at radius 1 is 1.11 bits per heavy atom. The van der Waals surface area contributed by atoms with Gasteiger partial charge in [-0.05, 0) is 44.5 Å². The van der Waals surface area contributed by atoms with E-state index in [1.165, 1.54) is 7.11 Å². The zero-order chi connectivity index (χ0) is 19.9. The Kier molecular flexibility index (Phi) is 6.87. The molecule has 146 valence electrons. The fourth-order valence-corrected chi connectivity index (χ4v) is 2.28. The summed E-state index contributed by atoms with van der Waals surface area (Å²) in [5.74, 6) is 0.149. The molecule has 2 aromatic rings. The second kappa shape index (κ2) is 9.12. The first-order valence-electron chi connectivity index (χ1n) is 8.57. The van der Waals surface area contributed by atoms with E-state index in [0.717, 1.165) is 11.1 Å². The molecule has 0 fully saturated rings. The van der Waals surface area contributed by atoms with Gasteiger partial charge in [-0.15, -0.1) is 0 Å². The molecule has 0 unspecified atom stereocenters. The zero-order valence-electron chi connectivity index (χ0n) is 16.0. The SMILES string of the molecule is COC(=O)[C@H](Cc1ccc(OCc2ccoc2)cc1)NC(=O)OC(C)(C)C. The van der Waals surface area contributed by atoms with Crippen LogP contribution in [-0.4, -0.2) is 30.8 Å². The van der Waals surface area contributed by atoms with Gasteiger partial charge in [0, 0.05) is 12.0 Å². The van der Waals surface area contributed by atoms with Crippen LogP contribution in [0, 0.1) is 0 Å². The number of hydrogen-bond donors (Lipinski definition) is 1. The van der Waals surface area contributed by atoms with Crippen molar-refractivity contribution in [1.82, 2.24) is 5.32 Å². The monoisotopic (exact) mass is 375 g/mol. The molecule has 0 aliphatic carbocycles. The summed E-state index contributed by atoms with van der Waals surface area (Å²) in [6.45, 7) is 5.66. The topological polar surface area (TPSA) is 87.0 Å². The summed E-state index contributed by atoms with van der Waals surface area (Å²) in [5.41, 5.74) is 1.13. The van der Waals surface area contributed by atoms with Gasteiger partial charge in [-0.1, -0.05) is 12.1 Å². The van der Waals surface area contributed by atoms with Gasteiger partial charge in [0.25, 0.3) is 0 Å². The van der Waals surface area contributed by atoms with Crippen LogP contribution in [0.5, 0.6) is 5.75 Å². The van der Waals surface area contributed by atoms with Crippen molar-refractivity contribution in [3.8, 4) is 5.75 Å². The number of methoxy groups -OCH3 is 1. The van der Waals surface area contributed by atoms with E-state index in [9.17, 15) is 9.59 Å². The Morgan fingerprint density at radius 3 is 2.37 bits per heavy atom. The van der Waals surface area contributed by atoms with E-state index < -0.39 is 23.7 Å². The van der Waals surface area contributed by atoms with Crippen molar-refractivity contribution in [3.63, 3.8) is 0 Å². The minimum atomic E-state index is -0.845. The second-order valence-corrected chi connectivity index (χ2v) is 6.99. The molecule has 0 aliphatic heterocycles. The van der Waals surface area contributed by atoms with Crippen molar-refractivity contribution >= 4 is 12.1 Å². The van der Waals surface area contributed by atoms with Crippen LogP contribution in [0.3, 0.4) is 0 Å². The van der Waals surface area contributed by atoms with Crippen molar-refractivity contribution < 1.29 is 28.2 Å². The number of carbonyl (C=O) groups is 2. The number of amides is 1. The minimum Gasteiger partial charge on any atom is -0.489 e. The fourth-order valence-electron chi connectivity index (χ4n) is 2.28. The average molecular weight is 375 g/mol. The molecule has 27 heavy (non-hydrogen) atoms. The summed E-state index contributed by atoms with van der Waals surface area (Å²) in [6, 6.07) is 8.25. The van der Waals surface area contributed by atoms with E-state index in [-0.39, 0.29) is 6.42 Å². The molecule has 7 nitrogen and oxygen atoms in total. The molecule has 2 rings (SSSR count). The van der Waals surface area contributed by atoms with E-state index >= 15 is 0 Å². The lowest BCUT2D eigenvalue weighted by atomic mass is 10.1. The van der Waals surface area contributed by atoms with Gasteiger partial charge in [-0.2, -0.15) is 0 Å². The highest BCUT2D eigenvalue weighted by atomic mass is 16.6.